The highest BCUT2D eigenvalue weighted by atomic mass is 16.6. The quantitative estimate of drug-likeness (QED) is 0.482. The minimum atomic E-state index is -0.529. The molecule has 1 saturated heterocycles. The normalized spacial score (nSPS) is 18.7. The lowest BCUT2D eigenvalue weighted by molar-refractivity contribution is 0.0428. The number of anilines is 1. The molecule has 1 aliphatic heterocycles. The average molecular weight is 485 g/mol. The summed E-state index contributed by atoms with van der Waals surface area (Å²) in [6.07, 6.45) is 6.29. The standard InChI is InChI=1S/C30H36N4O2/c1-20-17-25(23-10-8-14-31-19-23)21(2)27(32-20)34-15-12-30(13-16-34)18-22-9-6-7-11-24(22)26(30)33-28(35)36-29(3,4)5/h6-11,14,17,19,26H,12-13,15-16,18H2,1-5H3,(H,33,35)/t26-/m1/s1. The highest BCUT2D eigenvalue weighted by molar-refractivity contribution is 5.72. The van der Waals surface area contributed by atoms with Crippen LogP contribution in [0.4, 0.5) is 10.6 Å². The van der Waals surface area contributed by atoms with Gasteiger partial charge in [-0.2, -0.15) is 0 Å². The Balaban J connectivity index is 1.40. The number of carbonyl (C=O) groups is 1. The van der Waals surface area contributed by atoms with Crippen molar-refractivity contribution in [2.45, 2.75) is 65.5 Å². The summed E-state index contributed by atoms with van der Waals surface area (Å²) in [5.41, 5.74) is 6.48. The third-order valence-corrected chi connectivity index (χ3v) is 7.59. The van der Waals surface area contributed by atoms with Gasteiger partial charge in [0.15, 0.2) is 0 Å². The predicted octanol–water partition coefficient (Wildman–Crippen LogP) is 6.17. The molecule has 0 bridgehead atoms. The molecule has 1 aliphatic carbocycles. The number of alkyl carbamates (subject to hydrolysis) is 1. The molecular formula is C30H36N4O2. The molecule has 3 heterocycles. The number of amides is 1. The van der Waals surface area contributed by atoms with Crippen LogP contribution in [0.5, 0.6) is 0 Å². The fourth-order valence-corrected chi connectivity index (χ4v) is 5.92. The molecule has 6 heteroatoms. The van der Waals surface area contributed by atoms with Crippen LogP contribution in [0.3, 0.4) is 0 Å². The van der Waals surface area contributed by atoms with Crippen molar-refractivity contribution in [2.24, 2.45) is 5.41 Å². The summed E-state index contributed by atoms with van der Waals surface area (Å²) in [5.74, 6) is 1.05. The summed E-state index contributed by atoms with van der Waals surface area (Å²) in [5, 5.41) is 3.26. The smallest absolute Gasteiger partial charge is 0.408 e. The molecule has 1 N–H and O–H groups in total. The van der Waals surface area contributed by atoms with E-state index in [2.05, 4.69) is 65.4 Å². The molecule has 1 fully saturated rings. The minimum absolute atomic E-state index is 0.0268. The third-order valence-electron chi connectivity index (χ3n) is 7.59. The highest BCUT2D eigenvalue weighted by Crippen LogP contribution is 2.52. The zero-order valence-electron chi connectivity index (χ0n) is 22.0. The van der Waals surface area contributed by atoms with E-state index in [0.29, 0.717) is 0 Å². The maximum Gasteiger partial charge on any atom is 0.408 e. The summed E-state index contributed by atoms with van der Waals surface area (Å²) in [4.78, 5) is 24.5. The van der Waals surface area contributed by atoms with E-state index in [9.17, 15) is 4.79 Å². The number of aromatic nitrogens is 2. The number of nitrogens with one attached hydrogen (secondary N) is 1. The molecule has 0 saturated carbocycles. The maximum absolute atomic E-state index is 12.8. The summed E-state index contributed by atoms with van der Waals surface area (Å²) < 4.78 is 5.65. The lowest BCUT2D eigenvalue weighted by Gasteiger charge is -2.44. The van der Waals surface area contributed by atoms with Crippen molar-refractivity contribution in [3.05, 3.63) is 77.2 Å². The van der Waals surface area contributed by atoms with Crippen molar-refractivity contribution in [2.75, 3.05) is 18.0 Å². The van der Waals surface area contributed by atoms with Gasteiger partial charge in [-0.1, -0.05) is 30.3 Å². The van der Waals surface area contributed by atoms with E-state index in [1.807, 2.05) is 33.0 Å². The van der Waals surface area contributed by atoms with Gasteiger partial charge in [0.2, 0.25) is 0 Å². The molecule has 1 atom stereocenters. The molecule has 6 nitrogen and oxygen atoms in total. The van der Waals surface area contributed by atoms with Crippen molar-refractivity contribution >= 4 is 11.9 Å². The van der Waals surface area contributed by atoms with Gasteiger partial charge in [0, 0.05) is 42.2 Å². The average Bonchev–Trinajstić information content (AvgIpc) is 3.13. The SMILES string of the molecule is Cc1cc(-c2cccnc2)c(C)c(N2CCC3(CC2)Cc2ccccc2[C@H]3NC(=O)OC(C)(C)C)n1. The molecule has 36 heavy (non-hydrogen) atoms. The van der Waals surface area contributed by atoms with E-state index in [-0.39, 0.29) is 17.6 Å². The molecule has 1 spiro atoms. The van der Waals surface area contributed by atoms with Gasteiger partial charge < -0.3 is 15.0 Å². The molecule has 1 amide bonds. The van der Waals surface area contributed by atoms with Crippen LogP contribution in [0.15, 0.2) is 54.9 Å². The molecule has 0 unspecified atom stereocenters. The van der Waals surface area contributed by atoms with E-state index in [4.69, 9.17) is 9.72 Å². The third kappa shape index (κ3) is 4.69. The zero-order chi connectivity index (χ0) is 25.5. The fourth-order valence-electron chi connectivity index (χ4n) is 5.92. The molecule has 5 rings (SSSR count). The van der Waals surface area contributed by atoms with Crippen LogP contribution >= 0.6 is 0 Å². The van der Waals surface area contributed by atoms with E-state index < -0.39 is 5.60 Å². The molecule has 3 aromatic rings. The molecule has 1 aromatic carbocycles. The van der Waals surface area contributed by atoms with Crippen molar-refractivity contribution in [3.63, 3.8) is 0 Å². The molecule has 0 radical (unpaired) electrons. The number of benzene rings is 1. The molecule has 188 valence electrons. The first kappa shape index (κ1) is 24.3. The number of nitrogens with zero attached hydrogens (tertiary/aromatic N) is 3. The summed E-state index contributed by atoms with van der Waals surface area (Å²) >= 11 is 0. The monoisotopic (exact) mass is 484 g/mol. The van der Waals surface area contributed by atoms with Gasteiger partial charge in [0.05, 0.1) is 6.04 Å². The molecule has 2 aromatic heterocycles. The maximum atomic E-state index is 12.8. The van der Waals surface area contributed by atoms with Crippen molar-refractivity contribution in [1.82, 2.24) is 15.3 Å². The Bertz CT molecular complexity index is 1260. The van der Waals surface area contributed by atoms with Crippen LogP contribution in [0.2, 0.25) is 0 Å². The Morgan fingerprint density at radius 3 is 2.56 bits per heavy atom. The number of carbonyl (C=O) groups excluding carboxylic acids is 1. The topological polar surface area (TPSA) is 67.4 Å². The van der Waals surface area contributed by atoms with Crippen molar-refractivity contribution < 1.29 is 9.53 Å². The Kier molecular flexibility index (Phi) is 6.23. The molecular weight excluding hydrogens is 448 g/mol. The lowest BCUT2D eigenvalue weighted by atomic mass is 9.72. The van der Waals surface area contributed by atoms with Crippen LogP contribution in [-0.2, 0) is 11.2 Å². The number of aryl methyl sites for hydroxylation is 1. The van der Waals surface area contributed by atoms with Crippen LogP contribution in [-0.4, -0.2) is 34.8 Å². The van der Waals surface area contributed by atoms with Crippen LogP contribution in [0, 0.1) is 19.3 Å². The number of rotatable bonds is 3. The van der Waals surface area contributed by atoms with Gasteiger partial charge in [0.25, 0.3) is 0 Å². The van der Waals surface area contributed by atoms with E-state index in [1.54, 1.807) is 6.20 Å². The fraction of sp³-hybridized carbons (Fsp3) is 0.433. The first-order valence-corrected chi connectivity index (χ1v) is 12.9. The van der Waals surface area contributed by atoms with E-state index in [0.717, 1.165) is 49.4 Å². The van der Waals surface area contributed by atoms with Gasteiger partial charge in [-0.25, -0.2) is 9.78 Å². The number of piperidine rings is 1. The number of ether oxygens (including phenoxy) is 1. The second-order valence-electron chi connectivity index (χ2n) is 11.3. The van der Waals surface area contributed by atoms with Crippen molar-refractivity contribution in [3.8, 4) is 11.1 Å². The van der Waals surface area contributed by atoms with Gasteiger partial charge in [-0.05, 0) is 88.3 Å². The summed E-state index contributed by atoms with van der Waals surface area (Å²) in [6, 6.07) is 14.7. The van der Waals surface area contributed by atoms with Gasteiger partial charge in [0.1, 0.15) is 11.4 Å². The van der Waals surface area contributed by atoms with Crippen LogP contribution in [0.25, 0.3) is 11.1 Å². The zero-order valence-corrected chi connectivity index (χ0v) is 22.0. The minimum Gasteiger partial charge on any atom is -0.444 e. The number of fused-ring (bicyclic) bond motifs is 1. The lowest BCUT2D eigenvalue weighted by Crippen LogP contribution is -2.48. The Morgan fingerprint density at radius 1 is 1.11 bits per heavy atom. The van der Waals surface area contributed by atoms with E-state index >= 15 is 0 Å². The first-order chi connectivity index (χ1) is 17.2. The van der Waals surface area contributed by atoms with Gasteiger partial charge in [-0.15, -0.1) is 0 Å². The Hall–Kier alpha value is -3.41. The molecule has 2 aliphatic rings. The largest absolute Gasteiger partial charge is 0.444 e. The Morgan fingerprint density at radius 2 is 1.86 bits per heavy atom. The van der Waals surface area contributed by atoms with Crippen LogP contribution in [0.1, 0.15) is 62.0 Å². The van der Waals surface area contributed by atoms with Crippen LogP contribution < -0.4 is 10.2 Å². The summed E-state index contributed by atoms with van der Waals surface area (Å²) in [7, 11) is 0. The van der Waals surface area contributed by atoms with Crippen molar-refractivity contribution in [1.29, 1.82) is 0 Å². The predicted molar refractivity (Wildman–Crippen MR) is 143 cm³/mol. The number of hydrogen-bond acceptors (Lipinski definition) is 5. The van der Waals surface area contributed by atoms with E-state index in [1.165, 1.54) is 22.3 Å². The second kappa shape index (κ2) is 9.23. The highest BCUT2D eigenvalue weighted by Gasteiger charge is 2.48. The number of pyridine rings is 2. The van der Waals surface area contributed by atoms with Gasteiger partial charge in [-0.3, -0.25) is 4.98 Å². The van der Waals surface area contributed by atoms with Gasteiger partial charge >= 0.3 is 6.09 Å². The number of hydrogen-bond donors (Lipinski definition) is 1. The second-order valence-corrected chi connectivity index (χ2v) is 11.3. The first-order valence-electron chi connectivity index (χ1n) is 12.9. The summed E-state index contributed by atoms with van der Waals surface area (Å²) in [6.45, 7) is 11.7. The Labute approximate surface area is 214 Å².